The van der Waals surface area contributed by atoms with Crippen LogP contribution in [0.4, 0.5) is 4.39 Å². The molecule has 2 N–H and O–H groups in total. The van der Waals surface area contributed by atoms with E-state index in [9.17, 15) is 14.4 Å². The minimum atomic E-state index is -1.20. The Morgan fingerprint density at radius 3 is 2.80 bits per heavy atom. The van der Waals surface area contributed by atoms with Crippen molar-refractivity contribution in [1.29, 1.82) is 0 Å². The van der Waals surface area contributed by atoms with Crippen molar-refractivity contribution in [2.75, 3.05) is 19.7 Å². The van der Waals surface area contributed by atoms with E-state index in [1.807, 2.05) is 6.92 Å². The number of nitrogens with zero attached hydrogens (tertiary/aromatic N) is 2. The molecule has 2 saturated heterocycles. The highest BCUT2D eigenvalue weighted by molar-refractivity contribution is 5.82. The van der Waals surface area contributed by atoms with Gasteiger partial charge in [-0.3, -0.25) is 4.79 Å². The first kappa shape index (κ1) is 15.6. The zero-order valence-corrected chi connectivity index (χ0v) is 11.8. The molecule has 8 heteroatoms. The van der Waals surface area contributed by atoms with Crippen molar-refractivity contribution >= 4 is 5.91 Å². The number of hydrazine groups is 1. The Hall–Kier alpha value is -0.800. The molecule has 0 aromatic heterocycles. The number of alkyl halides is 1. The lowest BCUT2D eigenvalue weighted by Gasteiger charge is -2.38. The van der Waals surface area contributed by atoms with Gasteiger partial charge in [0.15, 0.2) is 0 Å². The fraction of sp³-hybridized carbons (Fsp3) is 0.917. The Morgan fingerprint density at radius 2 is 2.25 bits per heavy atom. The van der Waals surface area contributed by atoms with Crippen LogP contribution in [0.5, 0.6) is 0 Å². The van der Waals surface area contributed by atoms with Crippen molar-refractivity contribution in [2.45, 2.75) is 51.3 Å². The minimum absolute atomic E-state index is 0.0202. The molecule has 2 aliphatic rings. The van der Waals surface area contributed by atoms with E-state index in [1.54, 1.807) is 6.92 Å². The molecule has 2 fully saturated rings. The lowest BCUT2D eigenvalue weighted by Crippen LogP contribution is -2.55. The maximum atomic E-state index is 14.0. The quantitative estimate of drug-likeness (QED) is 0.754. The fourth-order valence-corrected chi connectivity index (χ4v) is 2.43. The van der Waals surface area contributed by atoms with Gasteiger partial charge in [-0.2, -0.15) is 0 Å². The Kier molecular flexibility index (Phi) is 5.28. The number of hydrogen-bond donors (Lipinski definition) is 2. The zero-order valence-electron chi connectivity index (χ0n) is 11.8. The number of rotatable bonds is 4. The van der Waals surface area contributed by atoms with Crippen LogP contribution in [0.2, 0.25) is 0 Å². The van der Waals surface area contributed by atoms with E-state index in [2.05, 4.69) is 10.9 Å². The van der Waals surface area contributed by atoms with Gasteiger partial charge in [-0.1, -0.05) is 6.92 Å². The number of halogens is 1. The number of carbonyl (C=O) groups is 1. The van der Waals surface area contributed by atoms with E-state index in [4.69, 9.17) is 4.74 Å². The summed E-state index contributed by atoms with van der Waals surface area (Å²) < 4.78 is 19.4. The molecule has 7 nitrogen and oxygen atoms in total. The van der Waals surface area contributed by atoms with E-state index in [0.29, 0.717) is 24.6 Å². The van der Waals surface area contributed by atoms with Crippen molar-refractivity contribution in [1.82, 2.24) is 20.8 Å². The highest BCUT2D eigenvalue weighted by atomic mass is 19.1. The summed E-state index contributed by atoms with van der Waals surface area (Å²) in [6.45, 7) is 4.53. The van der Waals surface area contributed by atoms with Crippen LogP contribution in [0, 0.1) is 5.21 Å². The molecule has 2 unspecified atom stereocenters. The lowest BCUT2D eigenvalue weighted by molar-refractivity contribution is -0.142. The first-order valence-corrected chi connectivity index (χ1v) is 7.05. The number of piperidine rings is 1. The highest BCUT2D eigenvalue weighted by Crippen LogP contribution is 2.19. The summed E-state index contributed by atoms with van der Waals surface area (Å²) in [7, 11) is 0. The second-order valence-electron chi connectivity index (χ2n) is 5.23. The molecule has 20 heavy (non-hydrogen) atoms. The van der Waals surface area contributed by atoms with Gasteiger partial charge in [0.2, 0.25) is 0 Å². The normalized spacial score (nSPS) is 35.5. The molecule has 0 aromatic carbocycles. The third-order valence-electron chi connectivity index (χ3n) is 3.63. The molecular weight excluding hydrogens is 267 g/mol. The first-order chi connectivity index (χ1) is 9.54. The molecule has 0 bridgehead atoms. The maximum Gasteiger partial charge on any atom is 0.255 e. The van der Waals surface area contributed by atoms with Gasteiger partial charge in [0.05, 0.1) is 18.8 Å². The molecule has 0 spiro atoms. The summed E-state index contributed by atoms with van der Waals surface area (Å²) >= 11 is 0. The van der Waals surface area contributed by atoms with E-state index in [0.717, 1.165) is 6.42 Å². The SMILES string of the molecule is CCCO[C@H]1CCN(C(=O)C2NNC(C)N2[O-])C[C@H]1F. The van der Waals surface area contributed by atoms with Gasteiger partial charge in [-0.05, 0) is 19.8 Å². The van der Waals surface area contributed by atoms with E-state index in [1.165, 1.54) is 4.90 Å². The number of likely N-dealkylation sites (tertiary alicyclic amines) is 1. The van der Waals surface area contributed by atoms with Gasteiger partial charge in [0, 0.05) is 13.2 Å². The summed E-state index contributed by atoms with van der Waals surface area (Å²) in [4.78, 5) is 13.6. The van der Waals surface area contributed by atoms with Gasteiger partial charge >= 0.3 is 0 Å². The third-order valence-corrected chi connectivity index (χ3v) is 3.63. The monoisotopic (exact) mass is 289 g/mol. The first-order valence-electron chi connectivity index (χ1n) is 7.05. The third kappa shape index (κ3) is 3.26. The van der Waals surface area contributed by atoms with Crippen molar-refractivity contribution in [3.8, 4) is 0 Å². The Balaban J connectivity index is 1.87. The molecule has 0 saturated carbocycles. The largest absolute Gasteiger partial charge is 0.783 e. The summed E-state index contributed by atoms with van der Waals surface area (Å²) in [5.41, 5.74) is 5.32. The highest BCUT2D eigenvalue weighted by Gasteiger charge is 2.37. The molecule has 116 valence electrons. The minimum Gasteiger partial charge on any atom is -0.783 e. The zero-order chi connectivity index (χ0) is 14.7. The smallest absolute Gasteiger partial charge is 0.255 e. The lowest BCUT2D eigenvalue weighted by atomic mass is 10.1. The van der Waals surface area contributed by atoms with Crippen LogP contribution in [0.3, 0.4) is 0 Å². The summed E-state index contributed by atoms with van der Waals surface area (Å²) in [6, 6.07) is 0. The molecule has 2 heterocycles. The van der Waals surface area contributed by atoms with Gasteiger partial charge in [0.25, 0.3) is 5.91 Å². The average molecular weight is 289 g/mol. The van der Waals surface area contributed by atoms with Crippen LogP contribution in [0.25, 0.3) is 0 Å². The van der Waals surface area contributed by atoms with Crippen LogP contribution in [-0.2, 0) is 9.53 Å². The fourth-order valence-electron chi connectivity index (χ4n) is 2.43. The predicted molar refractivity (Wildman–Crippen MR) is 70.9 cm³/mol. The predicted octanol–water partition coefficient (Wildman–Crippen LogP) is -0.0683. The number of amides is 1. The Bertz CT molecular complexity index is 347. The summed E-state index contributed by atoms with van der Waals surface area (Å²) in [5.74, 6) is -0.395. The Labute approximate surface area is 118 Å². The molecule has 0 aliphatic carbocycles. The molecule has 0 aromatic rings. The number of hydrogen-bond acceptors (Lipinski definition) is 6. The van der Waals surface area contributed by atoms with Crippen molar-refractivity contribution in [3.63, 3.8) is 0 Å². The molecule has 4 atom stereocenters. The number of carbonyl (C=O) groups excluding carboxylic acids is 1. The topological polar surface area (TPSA) is 79.9 Å². The van der Waals surface area contributed by atoms with E-state index < -0.39 is 30.5 Å². The van der Waals surface area contributed by atoms with Crippen LogP contribution >= 0.6 is 0 Å². The van der Waals surface area contributed by atoms with Crippen molar-refractivity contribution in [3.05, 3.63) is 5.21 Å². The second-order valence-corrected chi connectivity index (χ2v) is 5.23. The molecule has 2 aliphatic heterocycles. The van der Waals surface area contributed by atoms with Crippen LogP contribution in [-0.4, -0.2) is 60.2 Å². The standard InChI is InChI=1S/C12H22FN4O3/c1-3-6-20-10-4-5-16(7-9(10)13)12(18)11-15-14-8(2)17(11)19/h8-11,14-15H,3-7H2,1-2H3/q-1/t8?,9-,10+,11?/m1/s1. The average Bonchev–Trinajstić information content (AvgIpc) is 2.77. The van der Waals surface area contributed by atoms with Crippen LogP contribution < -0.4 is 10.9 Å². The van der Waals surface area contributed by atoms with Crippen LogP contribution in [0.15, 0.2) is 0 Å². The van der Waals surface area contributed by atoms with Gasteiger partial charge in [-0.15, -0.1) is 0 Å². The van der Waals surface area contributed by atoms with E-state index >= 15 is 0 Å². The van der Waals surface area contributed by atoms with E-state index in [-0.39, 0.29) is 6.54 Å². The van der Waals surface area contributed by atoms with Crippen LogP contribution in [0.1, 0.15) is 26.7 Å². The molecule has 2 rings (SSSR count). The number of ether oxygens (including phenoxy) is 1. The Morgan fingerprint density at radius 1 is 1.50 bits per heavy atom. The molecular formula is C12H22FN4O3-. The van der Waals surface area contributed by atoms with Crippen molar-refractivity contribution < 1.29 is 13.9 Å². The molecule has 0 radical (unpaired) electrons. The van der Waals surface area contributed by atoms with Crippen molar-refractivity contribution in [2.24, 2.45) is 0 Å². The maximum absolute atomic E-state index is 14.0. The van der Waals surface area contributed by atoms with Gasteiger partial charge in [-0.25, -0.2) is 15.2 Å². The number of nitrogens with one attached hydrogen (secondary N) is 2. The summed E-state index contributed by atoms with van der Waals surface area (Å²) in [5, 5.41) is 12.4. The van der Waals surface area contributed by atoms with Gasteiger partial charge < -0.3 is 19.9 Å². The van der Waals surface area contributed by atoms with Gasteiger partial charge in [0.1, 0.15) is 12.3 Å². The summed E-state index contributed by atoms with van der Waals surface area (Å²) in [6.07, 6.45) is -1.81. The molecule has 1 amide bonds. The number of hydroxylamine groups is 2. The second kappa shape index (κ2) is 6.77.